The molecular formula is C10H16F2N2O3. The minimum Gasteiger partial charge on any atom is -0.481 e. The molecule has 1 aliphatic heterocycles. The van der Waals surface area contributed by atoms with Gasteiger partial charge in [0.1, 0.15) is 0 Å². The minimum absolute atomic E-state index is 0.0805. The smallest absolute Gasteiger partial charge is 0.317 e. The van der Waals surface area contributed by atoms with Crippen molar-refractivity contribution in [1.82, 2.24) is 10.2 Å². The molecule has 1 rings (SSSR count). The summed E-state index contributed by atoms with van der Waals surface area (Å²) in [6.07, 6.45) is -1.22. The van der Waals surface area contributed by atoms with Gasteiger partial charge < -0.3 is 15.3 Å². The van der Waals surface area contributed by atoms with Gasteiger partial charge in [-0.1, -0.05) is 0 Å². The Morgan fingerprint density at radius 2 is 2.18 bits per heavy atom. The van der Waals surface area contributed by atoms with Crippen LogP contribution in [-0.4, -0.2) is 48.1 Å². The number of aliphatic carboxylic acids is 1. The van der Waals surface area contributed by atoms with Crippen LogP contribution in [-0.2, 0) is 4.79 Å². The molecule has 0 spiro atoms. The van der Waals surface area contributed by atoms with Crippen molar-refractivity contribution >= 4 is 12.0 Å². The third-order valence-electron chi connectivity index (χ3n) is 2.75. The summed E-state index contributed by atoms with van der Waals surface area (Å²) in [5.74, 6) is -0.700. The number of carboxylic acid groups (broad SMARTS) is 1. The molecule has 98 valence electrons. The van der Waals surface area contributed by atoms with Gasteiger partial charge in [-0.15, -0.1) is 0 Å². The number of nitrogens with zero attached hydrogens (tertiary/aromatic N) is 1. The van der Waals surface area contributed by atoms with Gasteiger partial charge in [0.05, 0.1) is 6.54 Å². The van der Waals surface area contributed by atoms with Crippen LogP contribution >= 0.6 is 0 Å². The normalized spacial score (nSPS) is 19.7. The fraction of sp³-hybridized carbons (Fsp3) is 0.800. The number of halogens is 2. The molecule has 2 amide bonds. The van der Waals surface area contributed by atoms with Crippen LogP contribution in [0.3, 0.4) is 0 Å². The van der Waals surface area contributed by atoms with E-state index in [9.17, 15) is 18.4 Å². The molecule has 17 heavy (non-hydrogen) atoms. The van der Waals surface area contributed by atoms with E-state index in [0.29, 0.717) is 19.5 Å². The molecule has 1 heterocycles. The first kappa shape index (κ1) is 13.7. The summed E-state index contributed by atoms with van der Waals surface area (Å²) in [4.78, 5) is 23.2. The molecule has 0 radical (unpaired) electrons. The van der Waals surface area contributed by atoms with Gasteiger partial charge in [0.25, 0.3) is 6.43 Å². The van der Waals surface area contributed by atoms with E-state index >= 15 is 0 Å². The zero-order valence-corrected chi connectivity index (χ0v) is 9.36. The monoisotopic (exact) mass is 250 g/mol. The van der Waals surface area contributed by atoms with Gasteiger partial charge in [0.2, 0.25) is 0 Å². The highest BCUT2D eigenvalue weighted by Gasteiger charge is 2.26. The zero-order valence-electron chi connectivity index (χ0n) is 9.36. The molecule has 0 aliphatic carbocycles. The van der Waals surface area contributed by atoms with E-state index in [0.717, 1.165) is 6.42 Å². The fourth-order valence-corrected chi connectivity index (χ4v) is 1.86. The standard InChI is InChI=1S/C10H16F2N2O3/c11-8(12)5-13-10(17)14-4-3-7(6-14)1-2-9(15)16/h7-8H,1-6H2,(H,13,17)(H,15,16). The average molecular weight is 250 g/mol. The molecule has 1 aliphatic rings. The summed E-state index contributed by atoms with van der Waals surface area (Å²) in [7, 11) is 0. The highest BCUT2D eigenvalue weighted by Crippen LogP contribution is 2.20. The number of carbonyl (C=O) groups excluding carboxylic acids is 1. The summed E-state index contributed by atoms with van der Waals surface area (Å²) in [5.41, 5.74) is 0. The van der Waals surface area contributed by atoms with Gasteiger partial charge in [-0.25, -0.2) is 13.6 Å². The maximum Gasteiger partial charge on any atom is 0.317 e. The Balaban J connectivity index is 2.24. The Hall–Kier alpha value is -1.40. The Kier molecular flexibility index (Phi) is 5.11. The lowest BCUT2D eigenvalue weighted by atomic mass is 10.0. The number of alkyl halides is 2. The van der Waals surface area contributed by atoms with E-state index in [1.54, 1.807) is 0 Å². The third kappa shape index (κ3) is 4.97. The van der Waals surface area contributed by atoms with Gasteiger partial charge in [0, 0.05) is 19.5 Å². The van der Waals surface area contributed by atoms with Crippen LogP contribution in [0, 0.1) is 5.92 Å². The molecule has 0 aromatic heterocycles. The molecule has 1 fully saturated rings. The summed E-state index contributed by atoms with van der Waals surface area (Å²) >= 11 is 0. The van der Waals surface area contributed by atoms with Crippen molar-refractivity contribution in [2.24, 2.45) is 5.92 Å². The number of rotatable bonds is 5. The molecule has 1 saturated heterocycles. The highest BCUT2D eigenvalue weighted by atomic mass is 19.3. The Bertz CT molecular complexity index is 287. The lowest BCUT2D eigenvalue weighted by Gasteiger charge is -2.17. The number of carboxylic acids is 1. The number of urea groups is 1. The highest BCUT2D eigenvalue weighted by molar-refractivity contribution is 5.74. The number of nitrogens with one attached hydrogen (secondary N) is 1. The van der Waals surface area contributed by atoms with Crippen LogP contribution in [0.15, 0.2) is 0 Å². The molecule has 0 saturated carbocycles. The van der Waals surface area contributed by atoms with Crippen LogP contribution in [0.4, 0.5) is 13.6 Å². The van der Waals surface area contributed by atoms with E-state index in [4.69, 9.17) is 5.11 Å². The van der Waals surface area contributed by atoms with Gasteiger partial charge in [0.15, 0.2) is 0 Å². The van der Waals surface area contributed by atoms with Gasteiger partial charge >= 0.3 is 12.0 Å². The van der Waals surface area contributed by atoms with E-state index in [2.05, 4.69) is 5.32 Å². The first-order valence-electron chi connectivity index (χ1n) is 5.51. The predicted molar refractivity (Wildman–Crippen MR) is 56.0 cm³/mol. The van der Waals surface area contributed by atoms with Crippen molar-refractivity contribution in [1.29, 1.82) is 0 Å². The second-order valence-electron chi connectivity index (χ2n) is 4.11. The number of amides is 2. The van der Waals surface area contributed by atoms with Gasteiger partial charge in [-0.2, -0.15) is 0 Å². The van der Waals surface area contributed by atoms with Crippen LogP contribution in [0.5, 0.6) is 0 Å². The summed E-state index contributed by atoms with van der Waals surface area (Å²) in [5, 5.41) is 10.6. The molecule has 1 atom stereocenters. The maximum atomic E-state index is 11.9. The molecule has 2 N–H and O–H groups in total. The summed E-state index contributed by atoms with van der Waals surface area (Å²) in [6, 6.07) is -0.497. The van der Waals surface area contributed by atoms with Crippen LogP contribution in [0.25, 0.3) is 0 Å². The van der Waals surface area contributed by atoms with Crippen LogP contribution in [0.1, 0.15) is 19.3 Å². The lowest BCUT2D eigenvalue weighted by molar-refractivity contribution is -0.137. The average Bonchev–Trinajstić information content (AvgIpc) is 2.71. The summed E-state index contributed by atoms with van der Waals surface area (Å²) < 4.78 is 23.7. The molecule has 7 heteroatoms. The Labute approximate surface area is 97.8 Å². The quantitative estimate of drug-likeness (QED) is 0.769. The van der Waals surface area contributed by atoms with Crippen molar-refractivity contribution in [2.45, 2.75) is 25.7 Å². The number of likely N-dealkylation sites (tertiary alicyclic amines) is 1. The second-order valence-corrected chi connectivity index (χ2v) is 4.11. The van der Waals surface area contributed by atoms with Crippen LogP contribution in [0.2, 0.25) is 0 Å². The Morgan fingerprint density at radius 1 is 1.47 bits per heavy atom. The van der Waals surface area contributed by atoms with E-state index in [-0.39, 0.29) is 12.3 Å². The molecular weight excluding hydrogens is 234 g/mol. The lowest BCUT2D eigenvalue weighted by Crippen LogP contribution is -2.40. The van der Waals surface area contributed by atoms with Gasteiger partial charge in [-0.3, -0.25) is 4.79 Å². The van der Waals surface area contributed by atoms with E-state index in [1.165, 1.54) is 4.90 Å². The van der Waals surface area contributed by atoms with Crippen molar-refractivity contribution < 1.29 is 23.5 Å². The van der Waals surface area contributed by atoms with Gasteiger partial charge in [-0.05, 0) is 18.8 Å². The molecule has 0 aromatic rings. The fourth-order valence-electron chi connectivity index (χ4n) is 1.86. The Morgan fingerprint density at radius 3 is 2.76 bits per heavy atom. The molecule has 0 bridgehead atoms. The second kappa shape index (κ2) is 6.36. The molecule has 1 unspecified atom stereocenters. The first-order chi connectivity index (χ1) is 7.99. The predicted octanol–water partition coefficient (Wildman–Crippen LogP) is 1.15. The first-order valence-corrected chi connectivity index (χ1v) is 5.51. The van der Waals surface area contributed by atoms with Crippen molar-refractivity contribution in [2.75, 3.05) is 19.6 Å². The largest absolute Gasteiger partial charge is 0.481 e. The number of carbonyl (C=O) groups is 2. The maximum absolute atomic E-state index is 11.9. The number of hydrogen-bond acceptors (Lipinski definition) is 2. The van der Waals surface area contributed by atoms with Crippen LogP contribution < -0.4 is 5.32 Å². The topological polar surface area (TPSA) is 69.6 Å². The SMILES string of the molecule is O=C(O)CCC1CCN(C(=O)NCC(F)F)C1. The van der Waals surface area contributed by atoms with Crippen molar-refractivity contribution in [3.63, 3.8) is 0 Å². The van der Waals surface area contributed by atoms with Crippen molar-refractivity contribution in [3.8, 4) is 0 Å². The van der Waals surface area contributed by atoms with E-state index in [1.807, 2.05) is 0 Å². The molecule has 5 nitrogen and oxygen atoms in total. The zero-order chi connectivity index (χ0) is 12.8. The number of hydrogen-bond donors (Lipinski definition) is 2. The summed E-state index contributed by atoms with van der Waals surface area (Å²) in [6.45, 7) is 0.302. The van der Waals surface area contributed by atoms with E-state index < -0.39 is 25.0 Å². The third-order valence-corrected chi connectivity index (χ3v) is 2.75. The molecule has 0 aromatic carbocycles. The minimum atomic E-state index is -2.55. The van der Waals surface area contributed by atoms with Crippen molar-refractivity contribution in [3.05, 3.63) is 0 Å².